The van der Waals surface area contributed by atoms with Gasteiger partial charge < -0.3 is 14.0 Å². The van der Waals surface area contributed by atoms with Gasteiger partial charge in [0, 0.05) is 28.2 Å². The molecule has 0 aliphatic carbocycles. The molecule has 1 aliphatic rings. The van der Waals surface area contributed by atoms with E-state index in [0.717, 1.165) is 61.0 Å². The number of hydrogen-bond acceptors (Lipinski definition) is 4. The minimum Gasteiger partial charge on any atom is -0.449 e. The Morgan fingerprint density at radius 2 is 1.42 bits per heavy atom. The van der Waals surface area contributed by atoms with Gasteiger partial charge in [-0.2, -0.15) is 0 Å². The van der Waals surface area contributed by atoms with Gasteiger partial charge in [-0.05, 0) is 110 Å². The fraction of sp³-hybridized carbons (Fsp3) is 0.0741. The molecule has 0 spiro atoms. The molecule has 0 saturated heterocycles. The van der Waals surface area contributed by atoms with Crippen LogP contribution in [0.4, 0.5) is 0 Å². The van der Waals surface area contributed by atoms with E-state index in [4.69, 9.17) is 9.47 Å². The molecule has 5 aromatic carbocycles. The van der Waals surface area contributed by atoms with E-state index in [1.165, 1.54) is 5.57 Å². The quantitative estimate of drug-likeness (QED) is 0.0666. The molecule has 7 rings (SSSR count). The number of fused-ring (bicyclic) bond motifs is 6. The summed E-state index contributed by atoms with van der Waals surface area (Å²) in [6.07, 6.45) is 26.2. The summed E-state index contributed by atoms with van der Waals surface area (Å²) < 4.78 is 15.3. The molecule has 0 fully saturated rings. The lowest BCUT2D eigenvalue weighted by Gasteiger charge is -2.22. The maximum absolute atomic E-state index is 6.64. The fourth-order valence-electron chi connectivity index (χ4n) is 6.85. The van der Waals surface area contributed by atoms with Crippen molar-refractivity contribution in [3.8, 4) is 28.7 Å². The SMILES string of the molecule is C=C.C=Cc1cc2c3ccc4c(c3n(-c3ccc(C(/C=C/C=NC/C(C)=C/C=C\C)=C/C=C\C=C(/N=C)c5ccccc5)cc3)c2cc1/C=C\C)Oc1ccccc1O4. The predicted octanol–water partition coefficient (Wildman–Crippen LogP) is 15.0. The summed E-state index contributed by atoms with van der Waals surface area (Å²) in [5.74, 6) is 2.73. The van der Waals surface area contributed by atoms with E-state index >= 15 is 0 Å². The number of allylic oxidation sites excluding steroid dienone is 11. The van der Waals surface area contributed by atoms with Gasteiger partial charge in [-0.15, -0.1) is 13.2 Å². The van der Waals surface area contributed by atoms with Crippen molar-refractivity contribution < 1.29 is 9.47 Å². The Morgan fingerprint density at radius 1 is 0.695 bits per heavy atom. The first kappa shape index (κ1) is 41.1. The van der Waals surface area contributed by atoms with Gasteiger partial charge in [0.25, 0.3) is 0 Å². The van der Waals surface area contributed by atoms with Gasteiger partial charge in [-0.25, -0.2) is 0 Å². The molecular formula is C54H49N3O2. The van der Waals surface area contributed by atoms with Crippen LogP contribution in [0.2, 0.25) is 0 Å². The third kappa shape index (κ3) is 9.39. The maximum atomic E-state index is 6.64. The fourth-order valence-corrected chi connectivity index (χ4v) is 6.85. The summed E-state index contributed by atoms with van der Waals surface area (Å²) >= 11 is 0. The minimum atomic E-state index is 0.636. The highest BCUT2D eigenvalue weighted by Gasteiger charge is 2.26. The van der Waals surface area contributed by atoms with E-state index in [0.29, 0.717) is 29.5 Å². The summed E-state index contributed by atoms with van der Waals surface area (Å²) in [5, 5.41) is 2.16. The normalized spacial score (nSPS) is 13.2. The monoisotopic (exact) mass is 771 g/mol. The average Bonchev–Trinajstić information content (AvgIpc) is 3.61. The first-order valence-electron chi connectivity index (χ1n) is 19.5. The van der Waals surface area contributed by atoms with E-state index in [1.807, 2.05) is 123 Å². The van der Waals surface area contributed by atoms with Gasteiger partial charge in [0.2, 0.25) is 0 Å². The Hall–Kier alpha value is -7.50. The predicted molar refractivity (Wildman–Crippen MR) is 256 cm³/mol. The highest BCUT2D eigenvalue weighted by atomic mass is 16.6. The van der Waals surface area contributed by atoms with Crippen LogP contribution >= 0.6 is 0 Å². The Kier molecular flexibility index (Phi) is 14.0. The zero-order chi connectivity index (χ0) is 41.6. The van der Waals surface area contributed by atoms with Crippen LogP contribution in [-0.2, 0) is 0 Å². The van der Waals surface area contributed by atoms with Crippen molar-refractivity contribution >= 4 is 58.2 Å². The molecule has 0 N–H and O–H groups in total. The smallest absolute Gasteiger partial charge is 0.194 e. The second-order valence-electron chi connectivity index (χ2n) is 13.5. The second-order valence-corrected chi connectivity index (χ2v) is 13.5. The van der Waals surface area contributed by atoms with Crippen LogP contribution in [0.1, 0.15) is 43.0 Å². The zero-order valence-electron chi connectivity index (χ0n) is 34.0. The van der Waals surface area contributed by atoms with Crippen LogP contribution in [0.15, 0.2) is 199 Å². The molecule has 0 radical (unpaired) electrons. The average molecular weight is 772 g/mol. The second kappa shape index (κ2) is 20.1. The van der Waals surface area contributed by atoms with Gasteiger partial charge in [-0.1, -0.05) is 128 Å². The van der Waals surface area contributed by atoms with Gasteiger partial charge in [0.05, 0.1) is 17.8 Å². The molecule has 59 heavy (non-hydrogen) atoms. The summed E-state index contributed by atoms with van der Waals surface area (Å²) in [6, 6.07) is 35.0. The summed E-state index contributed by atoms with van der Waals surface area (Å²) in [5.41, 5.74) is 10.2. The van der Waals surface area contributed by atoms with Crippen molar-refractivity contribution in [2.24, 2.45) is 9.98 Å². The van der Waals surface area contributed by atoms with Gasteiger partial charge in [0.1, 0.15) is 5.52 Å². The van der Waals surface area contributed by atoms with Gasteiger partial charge in [-0.3, -0.25) is 9.98 Å². The highest BCUT2D eigenvalue weighted by Crippen LogP contribution is 2.51. The highest BCUT2D eigenvalue weighted by molar-refractivity contribution is 6.13. The number of para-hydroxylation sites is 2. The van der Waals surface area contributed by atoms with Crippen molar-refractivity contribution in [3.63, 3.8) is 0 Å². The molecule has 0 atom stereocenters. The van der Waals surface area contributed by atoms with Crippen molar-refractivity contribution in [1.29, 1.82) is 0 Å². The van der Waals surface area contributed by atoms with Crippen LogP contribution in [0.25, 0.3) is 50.9 Å². The topological polar surface area (TPSA) is 48.1 Å². The lowest BCUT2D eigenvalue weighted by atomic mass is 10.0. The van der Waals surface area contributed by atoms with Gasteiger partial charge in [0.15, 0.2) is 23.0 Å². The van der Waals surface area contributed by atoms with Gasteiger partial charge >= 0.3 is 0 Å². The van der Waals surface area contributed by atoms with Crippen LogP contribution in [-0.4, -0.2) is 24.0 Å². The van der Waals surface area contributed by atoms with E-state index in [1.54, 1.807) is 0 Å². The number of nitrogens with zero attached hydrogens (tertiary/aromatic N) is 3. The number of aliphatic imine (C=N–C) groups is 2. The van der Waals surface area contributed by atoms with Crippen LogP contribution in [0, 0.1) is 0 Å². The number of benzene rings is 5. The minimum absolute atomic E-state index is 0.636. The van der Waals surface area contributed by atoms with E-state index in [-0.39, 0.29) is 0 Å². The lowest BCUT2D eigenvalue weighted by molar-refractivity contribution is 0.362. The Bertz CT molecular complexity index is 2710. The maximum Gasteiger partial charge on any atom is 0.194 e. The molecule has 0 bridgehead atoms. The van der Waals surface area contributed by atoms with E-state index in [2.05, 4.69) is 121 Å². The first-order valence-corrected chi connectivity index (χ1v) is 19.5. The summed E-state index contributed by atoms with van der Waals surface area (Å²) in [6.45, 7) is 20.7. The number of ether oxygens (including phenoxy) is 2. The molecule has 2 heterocycles. The Labute approximate surface area is 348 Å². The van der Waals surface area contributed by atoms with Crippen LogP contribution < -0.4 is 9.47 Å². The Morgan fingerprint density at radius 3 is 2.14 bits per heavy atom. The first-order chi connectivity index (χ1) is 29.0. The molecule has 0 saturated carbocycles. The third-order valence-electron chi connectivity index (χ3n) is 9.62. The molecule has 0 amide bonds. The third-order valence-corrected chi connectivity index (χ3v) is 9.62. The molecule has 5 nitrogen and oxygen atoms in total. The van der Waals surface area contributed by atoms with E-state index < -0.39 is 0 Å². The summed E-state index contributed by atoms with van der Waals surface area (Å²) in [4.78, 5) is 8.87. The van der Waals surface area contributed by atoms with Crippen LogP contribution in [0.5, 0.6) is 23.0 Å². The molecule has 292 valence electrons. The molecule has 1 aromatic heterocycles. The standard InChI is InChI=1S/C52H45N3O2.C2H4/c1-6-9-19-37(4)36-54-33-17-23-39(20-13-14-24-46(53-5)41-21-11-10-12-22-41)40-27-29-43(30-28-40)55-47-35-42(18-7-2)38(8-3)34-45(47)44-31-32-50-52(51(44)55)57-49-26-16-15-25-48(49)56-50;1-2/h6-35H,3,5,36H2,1-2,4H3;1-2H2/b9-6-,14-13-,18-7-,23-17+,37-19+,39-20+,46-24-,54-33?;. The number of rotatable bonds is 13. The molecule has 5 heteroatoms. The number of hydrogen-bond donors (Lipinski definition) is 0. The van der Waals surface area contributed by atoms with Crippen LogP contribution in [0.3, 0.4) is 0 Å². The molecule has 0 unspecified atom stereocenters. The lowest BCUT2D eigenvalue weighted by Crippen LogP contribution is -2.02. The van der Waals surface area contributed by atoms with Crippen molar-refractivity contribution in [2.45, 2.75) is 20.8 Å². The number of aromatic nitrogens is 1. The van der Waals surface area contributed by atoms with Crippen molar-refractivity contribution in [1.82, 2.24) is 4.57 Å². The summed E-state index contributed by atoms with van der Waals surface area (Å²) in [7, 11) is 0. The van der Waals surface area contributed by atoms with Crippen molar-refractivity contribution in [2.75, 3.05) is 6.54 Å². The molecular weight excluding hydrogens is 723 g/mol. The van der Waals surface area contributed by atoms with E-state index in [9.17, 15) is 0 Å². The largest absolute Gasteiger partial charge is 0.449 e. The Balaban J connectivity index is 0.00000288. The zero-order valence-corrected chi connectivity index (χ0v) is 34.0. The molecule has 6 aromatic rings. The molecule has 1 aliphatic heterocycles. The van der Waals surface area contributed by atoms with Crippen molar-refractivity contribution in [3.05, 3.63) is 211 Å².